The van der Waals surface area contributed by atoms with Crippen molar-refractivity contribution < 1.29 is 4.42 Å². The molecule has 0 N–H and O–H groups in total. The molecule has 0 saturated heterocycles. The minimum atomic E-state index is -0.155. The maximum Gasteiger partial charge on any atom is 0.235 e. The highest BCUT2D eigenvalue weighted by Crippen LogP contribution is 2.54. The van der Waals surface area contributed by atoms with E-state index in [2.05, 4.69) is 164 Å². The van der Waals surface area contributed by atoms with E-state index in [1.54, 1.807) is 0 Å². The molecule has 2 heterocycles. The number of hydrogen-bond acceptors (Lipinski definition) is 4. The van der Waals surface area contributed by atoms with Crippen LogP contribution in [0.2, 0.25) is 0 Å². The van der Waals surface area contributed by atoms with Gasteiger partial charge in [-0.25, -0.2) is 9.97 Å². The van der Waals surface area contributed by atoms with Gasteiger partial charge in [0.25, 0.3) is 0 Å². The Morgan fingerprint density at radius 2 is 1.16 bits per heavy atom. The zero-order valence-corrected chi connectivity index (χ0v) is 28.3. The third-order valence-corrected chi connectivity index (χ3v) is 10.5. The van der Waals surface area contributed by atoms with Gasteiger partial charge in [-0.15, -0.1) is 0 Å². The van der Waals surface area contributed by atoms with Gasteiger partial charge in [-0.1, -0.05) is 141 Å². The first-order valence-corrected chi connectivity index (χ1v) is 17.4. The van der Waals surface area contributed by atoms with Crippen LogP contribution >= 0.6 is 0 Å². The van der Waals surface area contributed by atoms with Crippen molar-refractivity contribution in [2.75, 3.05) is 4.90 Å². The smallest absolute Gasteiger partial charge is 0.235 e. The minimum absolute atomic E-state index is 0.155. The van der Waals surface area contributed by atoms with Gasteiger partial charge >= 0.3 is 0 Å². The second-order valence-electron chi connectivity index (χ2n) is 13.8. The lowest BCUT2D eigenvalue weighted by Gasteiger charge is -2.28. The molecule has 2 aromatic heterocycles. The number of fused-ring (bicyclic) bond motifs is 7. The maximum absolute atomic E-state index is 6.34. The first-order valence-electron chi connectivity index (χ1n) is 17.4. The third kappa shape index (κ3) is 4.53. The van der Waals surface area contributed by atoms with E-state index >= 15 is 0 Å². The average Bonchev–Trinajstić information content (AvgIpc) is 3.68. The second-order valence-corrected chi connectivity index (χ2v) is 13.8. The van der Waals surface area contributed by atoms with E-state index in [0.29, 0.717) is 5.95 Å². The predicted octanol–water partition coefficient (Wildman–Crippen LogP) is 12.6. The Morgan fingerprint density at radius 1 is 0.510 bits per heavy atom. The summed E-state index contributed by atoms with van der Waals surface area (Å²) in [6.45, 7) is 4.64. The Hall–Kier alpha value is -6.52. The fourth-order valence-electron chi connectivity index (χ4n) is 8.06. The topological polar surface area (TPSA) is 42.2 Å². The summed E-state index contributed by atoms with van der Waals surface area (Å²) in [4.78, 5) is 13.1. The van der Waals surface area contributed by atoms with Gasteiger partial charge in [0.2, 0.25) is 5.95 Å². The summed E-state index contributed by atoms with van der Waals surface area (Å²) < 4.78 is 6.34. The molecule has 0 bridgehead atoms. The van der Waals surface area contributed by atoms with Crippen molar-refractivity contribution >= 4 is 50.2 Å². The number of furan rings is 1. The van der Waals surface area contributed by atoms with Crippen LogP contribution in [0.3, 0.4) is 0 Å². The molecular weight excluding hydrogens is 623 g/mol. The van der Waals surface area contributed by atoms with E-state index in [1.165, 1.54) is 27.8 Å². The van der Waals surface area contributed by atoms with Crippen LogP contribution in [0.4, 0.5) is 17.3 Å². The van der Waals surface area contributed by atoms with Crippen LogP contribution in [0, 0.1) is 0 Å². The predicted molar refractivity (Wildman–Crippen MR) is 210 cm³/mol. The minimum Gasteiger partial charge on any atom is -0.456 e. The average molecular weight is 656 g/mol. The van der Waals surface area contributed by atoms with Crippen LogP contribution in [0.15, 0.2) is 168 Å². The van der Waals surface area contributed by atoms with E-state index in [1.807, 2.05) is 18.2 Å². The molecule has 0 atom stereocenters. The quantitative estimate of drug-likeness (QED) is 0.185. The summed E-state index contributed by atoms with van der Waals surface area (Å²) >= 11 is 0. The fourth-order valence-corrected chi connectivity index (χ4v) is 8.06. The normalized spacial score (nSPS) is 13.1. The molecule has 4 nitrogen and oxygen atoms in total. The number of benzene rings is 7. The van der Waals surface area contributed by atoms with Crippen LogP contribution in [-0.4, -0.2) is 9.97 Å². The molecule has 10 rings (SSSR count). The second kappa shape index (κ2) is 11.3. The van der Waals surface area contributed by atoms with Gasteiger partial charge in [-0.3, -0.25) is 4.90 Å². The summed E-state index contributed by atoms with van der Waals surface area (Å²) in [5.74, 6) is 0.608. The lowest BCUT2D eigenvalue weighted by Crippen LogP contribution is -2.17. The molecule has 0 radical (unpaired) electrons. The van der Waals surface area contributed by atoms with Crippen molar-refractivity contribution in [2.45, 2.75) is 19.3 Å². The Morgan fingerprint density at radius 3 is 2.02 bits per heavy atom. The van der Waals surface area contributed by atoms with E-state index < -0.39 is 0 Å². The number of hydrogen-bond donors (Lipinski definition) is 0. The number of nitrogens with zero attached hydrogens (tertiary/aromatic N) is 3. The zero-order valence-electron chi connectivity index (χ0n) is 28.3. The van der Waals surface area contributed by atoms with Gasteiger partial charge in [-0.2, -0.15) is 0 Å². The van der Waals surface area contributed by atoms with Crippen LogP contribution < -0.4 is 4.90 Å². The summed E-state index contributed by atoms with van der Waals surface area (Å²) in [5.41, 5.74) is 13.7. The SMILES string of the molecule is CC1(C)c2ccccc2-c2c(N(c3ccc(-c4ccccc4)cc3)c3nc(-c4cccc5oc6ccccc6c45)c4ccccc4n3)cccc21. The molecule has 0 fully saturated rings. The lowest BCUT2D eigenvalue weighted by atomic mass is 9.82. The zero-order chi connectivity index (χ0) is 34.1. The van der Waals surface area contributed by atoms with E-state index in [-0.39, 0.29) is 5.41 Å². The van der Waals surface area contributed by atoms with Gasteiger partial charge < -0.3 is 4.42 Å². The molecule has 51 heavy (non-hydrogen) atoms. The van der Waals surface area contributed by atoms with Gasteiger partial charge in [0.05, 0.1) is 16.9 Å². The van der Waals surface area contributed by atoms with Crippen LogP contribution in [-0.2, 0) is 5.41 Å². The number of para-hydroxylation sites is 2. The van der Waals surface area contributed by atoms with Crippen molar-refractivity contribution in [3.63, 3.8) is 0 Å². The molecular formula is C47H33N3O. The Balaban J connectivity index is 1.26. The van der Waals surface area contributed by atoms with Crippen molar-refractivity contribution in [3.05, 3.63) is 175 Å². The Kier molecular flexibility index (Phi) is 6.49. The van der Waals surface area contributed by atoms with Crippen LogP contribution in [0.5, 0.6) is 0 Å². The summed E-state index contributed by atoms with van der Waals surface area (Å²) in [6.07, 6.45) is 0. The van der Waals surface area contributed by atoms with Crippen molar-refractivity contribution in [1.29, 1.82) is 0 Å². The van der Waals surface area contributed by atoms with Gasteiger partial charge in [0, 0.05) is 38.4 Å². The molecule has 9 aromatic rings. The van der Waals surface area contributed by atoms with Gasteiger partial charge in [0.15, 0.2) is 0 Å². The van der Waals surface area contributed by atoms with Crippen molar-refractivity contribution in [2.24, 2.45) is 0 Å². The first-order chi connectivity index (χ1) is 25.1. The maximum atomic E-state index is 6.34. The molecule has 0 aliphatic heterocycles. The standard InChI is InChI=1S/C47H33N3O/c1-47(2)37-20-9-6-16-33(37)44-38(47)21-13-23-40(44)50(32-28-26-31(27-29-32)30-14-4-3-5-15-30)46-48-39-22-10-7-17-34(39)45(49-46)36-19-12-25-42-43(36)35-18-8-11-24-41(35)51-42/h3-29H,1-2H3. The third-order valence-electron chi connectivity index (χ3n) is 10.5. The molecule has 7 aromatic carbocycles. The van der Waals surface area contributed by atoms with Crippen molar-refractivity contribution in [3.8, 4) is 33.5 Å². The number of anilines is 3. The van der Waals surface area contributed by atoms with E-state index in [0.717, 1.165) is 61.0 Å². The molecule has 242 valence electrons. The van der Waals surface area contributed by atoms with Crippen LogP contribution in [0.25, 0.3) is 66.4 Å². The van der Waals surface area contributed by atoms with Crippen LogP contribution in [0.1, 0.15) is 25.0 Å². The highest BCUT2D eigenvalue weighted by atomic mass is 16.3. The fraction of sp³-hybridized carbons (Fsp3) is 0.0638. The van der Waals surface area contributed by atoms with Gasteiger partial charge in [-0.05, 0) is 64.2 Å². The molecule has 0 spiro atoms. The Labute approximate surface area is 296 Å². The number of aromatic nitrogens is 2. The first kappa shape index (κ1) is 29.4. The molecule has 1 aliphatic carbocycles. The summed E-state index contributed by atoms with van der Waals surface area (Å²) in [5, 5.41) is 3.11. The lowest BCUT2D eigenvalue weighted by molar-refractivity contribution is 0.660. The van der Waals surface area contributed by atoms with E-state index in [4.69, 9.17) is 14.4 Å². The van der Waals surface area contributed by atoms with Crippen molar-refractivity contribution in [1.82, 2.24) is 9.97 Å². The summed E-state index contributed by atoms with van der Waals surface area (Å²) in [6, 6.07) is 57.5. The number of rotatable bonds is 5. The molecule has 0 saturated carbocycles. The monoisotopic (exact) mass is 655 g/mol. The van der Waals surface area contributed by atoms with E-state index in [9.17, 15) is 0 Å². The molecule has 0 unspecified atom stereocenters. The Bertz CT molecular complexity index is 2780. The highest BCUT2D eigenvalue weighted by molar-refractivity contribution is 6.14. The summed E-state index contributed by atoms with van der Waals surface area (Å²) in [7, 11) is 0. The molecule has 0 amide bonds. The largest absolute Gasteiger partial charge is 0.456 e. The van der Waals surface area contributed by atoms with Gasteiger partial charge in [0.1, 0.15) is 11.2 Å². The molecule has 1 aliphatic rings. The highest BCUT2D eigenvalue weighted by Gasteiger charge is 2.38. The molecule has 4 heteroatoms.